The number of nitrogens with zero attached hydrogens (tertiary/aromatic N) is 2. The van der Waals surface area contributed by atoms with Crippen LogP contribution in [0.25, 0.3) is 10.9 Å². The summed E-state index contributed by atoms with van der Waals surface area (Å²) in [5, 5.41) is 0.346. The lowest BCUT2D eigenvalue weighted by Crippen LogP contribution is -2.36. The van der Waals surface area contributed by atoms with E-state index in [0.717, 1.165) is 10.6 Å². The van der Waals surface area contributed by atoms with E-state index in [-0.39, 0.29) is 5.69 Å². The number of nitrogens with one attached hydrogen (secondary N) is 2. The monoisotopic (exact) mass is 362 g/mol. The van der Waals surface area contributed by atoms with Crippen LogP contribution >= 0.6 is 0 Å². The van der Waals surface area contributed by atoms with Gasteiger partial charge in [0.15, 0.2) is 0 Å². The van der Waals surface area contributed by atoms with Gasteiger partial charge in [0.25, 0.3) is 11.5 Å². The molecule has 0 spiro atoms. The van der Waals surface area contributed by atoms with E-state index in [4.69, 9.17) is 0 Å². The lowest BCUT2D eigenvalue weighted by Gasteiger charge is -2.15. The molecule has 26 heavy (non-hydrogen) atoms. The number of carbonyl (C=O) groups excluding carboxylic acids is 1. The number of aromatic nitrogens is 2. The summed E-state index contributed by atoms with van der Waals surface area (Å²) in [7, 11) is 0. The summed E-state index contributed by atoms with van der Waals surface area (Å²) in [6, 6.07) is 11.4. The summed E-state index contributed by atoms with van der Waals surface area (Å²) >= 11 is 0. The zero-order chi connectivity index (χ0) is 18.7. The molecule has 3 rings (SSSR count). The molecule has 0 unspecified atom stereocenters. The quantitative estimate of drug-likeness (QED) is 0.700. The van der Waals surface area contributed by atoms with E-state index in [2.05, 4.69) is 15.8 Å². The van der Waals surface area contributed by atoms with Crippen LogP contribution in [0.2, 0.25) is 0 Å². The van der Waals surface area contributed by atoms with Crippen LogP contribution in [0.3, 0.4) is 0 Å². The van der Waals surface area contributed by atoms with Gasteiger partial charge in [-0.1, -0.05) is 24.3 Å². The zero-order valence-electron chi connectivity index (χ0n) is 13.2. The van der Waals surface area contributed by atoms with Crippen molar-refractivity contribution >= 4 is 22.5 Å². The van der Waals surface area contributed by atoms with Crippen molar-refractivity contribution in [3.05, 3.63) is 70.8 Å². The number of anilines is 1. The first-order valence-corrected chi connectivity index (χ1v) is 7.51. The molecule has 3 aromatic rings. The van der Waals surface area contributed by atoms with Gasteiger partial charge in [0, 0.05) is 0 Å². The number of hydrazine groups is 1. The number of alkyl halides is 3. The van der Waals surface area contributed by atoms with E-state index < -0.39 is 29.8 Å². The number of fused-ring (bicyclic) bond motifs is 1. The number of para-hydroxylation sites is 2. The van der Waals surface area contributed by atoms with Crippen LogP contribution in [0.15, 0.2) is 59.7 Å². The maximum absolute atomic E-state index is 12.9. The Morgan fingerprint density at radius 2 is 1.77 bits per heavy atom. The van der Waals surface area contributed by atoms with Crippen LogP contribution in [-0.2, 0) is 17.5 Å². The Kier molecular flexibility index (Phi) is 4.61. The second-order valence-corrected chi connectivity index (χ2v) is 5.41. The van der Waals surface area contributed by atoms with Crippen LogP contribution in [0.4, 0.5) is 18.9 Å². The van der Waals surface area contributed by atoms with Crippen LogP contribution in [0.1, 0.15) is 5.56 Å². The second-order valence-electron chi connectivity index (χ2n) is 5.41. The molecule has 0 saturated heterocycles. The van der Waals surface area contributed by atoms with Gasteiger partial charge in [0.2, 0.25) is 0 Å². The number of hydrogen-bond donors (Lipinski definition) is 2. The van der Waals surface area contributed by atoms with E-state index in [1.54, 1.807) is 24.3 Å². The molecule has 0 radical (unpaired) electrons. The summed E-state index contributed by atoms with van der Waals surface area (Å²) in [5.41, 5.74) is 3.27. The first kappa shape index (κ1) is 17.5. The number of rotatable bonds is 4. The van der Waals surface area contributed by atoms with E-state index in [9.17, 15) is 22.8 Å². The standard InChI is InChI=1S/C17H13F3N4O2/c18-17(19,20)12-6-2-4-8-14(12)22-23-15(25)9-24-10-21-13-7-3-1-5-11(13)16(24)26/h1-8,10,22H,9H2,(H,23,25). The minimum Gasteiger partial charge on any atom is -0.298 e. The van der Waals surface area contributed by atoms with Crippen molar-refractivity contribution in [2.45, 2.75) is 12.7 Å². The molecule has 0 aliphatic heterocycles. The maximum atomic E-state index is 12.9. The van der Waals surface area contributed by atoms with Gasteiger partial charge in [0.1, 0.15) is 6.54 Å². The molecule has 0 bridgehead atoms. The number of amides is 1. The maximum Gasteiger partial charge on any atom is 0.418 e. The molecule has 0 saturated carbocycles. The Hall–Kier alpha value is -3.36. The van der Waals surface area contributed by atoms with E-state index in [0.29, 0.717) is 10.9 Å². The van der Waals surface area contributed by atoms with Crippen molar-refractivity contribution in [1.29, 1.82) is 0 Å². The highest BCUT2D eigenvalue weighted by atomic mass is 19.4. The van der Waals surface area contributed by atoms with Crippen LogP contribution in [0, 0.1) is 0 Å². The van der Waals surface area contributed by atoms with Gasteiger partial charge in [-0.2, -0.15) is 13.2 Å². The Morgan fingerprint density at radius 1 is 1.08 bits per heavy atom. The molecule has 6 nitrogen and oxygen atoms in total. The summed E-state index contributed by atoms with van der Waals surface area (Å²) in [6.45, 7) is -0.391. The summed E-state index contributed by atoms with van der Waals surface area (Å²) < 4.78 is 39.8. The topological polar surface area (TPSA) is 76.0 Å². The lowest BCUT2D eigenvalue weighted by atomic mass is 10.2. The van der Waals surface area contributed by atoms with Gasteiger partial charge in [-0.05, 0) is 24.3 Å². The van der Waals surface area contributed by atoms with Crippen molar-refractivity contribution in [2.75, 3.05) is 5.43 Å². The molecule has 2 N–H and O–H groups in total. The largest absolute Gasteiger partial charge is 0.418 e. The molecule has 0 atom stereocenters. The number of carbonyl (C=O) groups is 1. The normalized spacial score (nSPS) is 11.3. The van der Waals surface area contributed by atoms with Gasteiger partial charge in [-0.15, -0.1) is 0 Å². The Balaban J connectivity index is 1.73. The Labute approximate surface area is 145 Å². The van der Waals surface area contributed by atoms with Crippen molar-refractivity contribution in [1.82, 2.24) is 15.0 Å². The molecule has 134 valence electrons. The first-order valence-electron chi connectivity index (χ1n) is 7.51. The Morgan fingerprint density at radius 3 is 2.54 bits per heavy atom. The number of halogens is 3. The minimum atomic E-state index is -4.56. The molecule has 1 amide bonds. The highest BCUT2D eigenvalue weighted by molar-refractivity contribution is 5.79. The summed E-state index contributed by atoms with van der Waals surface area (Å²) in [5.74, 6) is -0.693. The highest BCUT2D eigenvalue weighted by Crippen LogP contribution is 2.34. The molecular formula is C17H13F3N4O2. The molecule has 0 fully saturated rings. The molecule has 0 aliphatic rings. The number of benzene rings is 2. The SMILES string of the molecule is O=C(Cn1cnc2ccccc2c1=O)NNc1ccccc1C(F)(F)F. The fraction of sp³-hybridized carbons (Fsp3) is 0.118. The zero-order valence-corrected chi connectivity index (χ0v) is 13.2. The fourth-order valence-corrected chi connectivity index (χ4v) is 2.39. The Bertz CT molecular complexity index is 1010. The molecule has 0 aliphatic carbocycles. The molecule has 2 aromatic carbocycles. The third-order valence-corrected chi connectivity index (χ3v) is 3.61. The van der Waals surface area contributed by atoms with E-state index >= 15 is 0 Å². The predicted molar refractivity (Wildman–Crippen MR) is 89.2 cm³/mol. The van der Waals surface area contributed by atoms with Crippen LogP contribution in [-0.4, -0.2) is 15.5 Å². The number of hydrogen-bond acceptors (Lipinski definition) is 4. The second kappa shape index (κ2) is 6.87. The fourth-order valence-electron chi connectivity index (χ4n) is 2.39. The summed E-state index contributed by atoms with van der Waals surface area (Å²) in [6.07, 6.45) is -3.35. The first-order chi connectivity index (χ1) is 12.4. The molecule has 1 heterocycles. The van der Waals surface area contributed by atoms with Crippen molar-refractivity contribution < 1.29 is 18.0 Å². The molecule has 9 heteroatoms. The van der Waals surface area contributed by atoms with Gasteiger partial charge >= 0.3 is 6.18 Å². The summed E-state index contributed by atoms with van der Waals surface area (Å²) in [4.78, 5) is 28.4. The highest BCUT2D eigenvalue weighted by Gasteiger charge is 2.33. The average Bonchev–Trinajstić information content (AvgIpc) is 2.62. The third kappa shape index (κ3) is 3.66. The van der Waals surface area contributed by atoms with Gasteiger partial charge in [0.05, 0.1) is 28.5 Å². The van der Waals surface area contributed by atoms with Crippen molar-refractivity contribution in [3.63, 3.8) is 0 Å². The smallest absolute Gasteiger partial charge is 0.298 e. The predicted octanol–water partition coefficient (Wildman–Crippen LogP) is 2.56. The van der Waals surface area contributed by atoms with Gasteiger partial charge in [-0.25, -0.2) is 4.98 Å². The lowest BCUT2D eigenvalue weighted by molar-refractivity contribution is -0.137. The van der Waals surface area contributed by atoms with E-state index in [1.165, 1.54) is 24.5 Å². The van der Waals surface area contributed by atoms with Gasteiger partial charge < -0.3 is 0 Å². The van der Waals surface area contributed by atoms with Crippen molar-refractivity contribution in [3.8, 4) is 0 Å². The van der Waals surface area contributed by atoms with Crippen LogP contribution in [0.5, 0.6) is 0 Å². The minimum absolute atomic E-state index is 0.294. The van der Waals surface area contributed by atoms with Crippen molar-refractivity contribution in [2.24, 2.45) is 0 Å². The average molecular weight is 362 g/mol. The van der Waals surface area contributed by atoms with Gasteiger partial charge in [-0.3, -0.25) is 25.0 Å². The molecular weight excluding hydrogens is 349 g/mol. The van der Waals surface area contributed by atoms with E-state index in [1.807, 2.05) is 0 Å². The molecule has 1 aromatic heterocycles. The van der Waals surface area contributed by atoms with Crippen LogP contribution < -0.4 is 16.4 Å². The third-order valence-electron chi connectivity index (χ3n) is 3.61.